The molecular weight excluding hydrogens is 506 g/mol. The quantitative estimate of drug-likeness (QED) is 0.318. The molecule has 0 saturated carbocycles. The zero-order valence-corrected chi connectivity index (χ0v) is 21.0. The molecule has 0 saturated heterocycles. The first-order chi connectivity index (χ1) is 6.45. The Morgan fingerprint density at radius 2 is 1.20 bits per heavy atom. The van der Waals surface area contributed by atoms with Crippen LogP contribution in [-0.4, -0.2) is 20.9 Å². The molecule has 2 radical (unpaired) electrons. The fourth-order valence-electron chi connectivity index (χ4n) is 0.674. The number of rotatable bonds is 3. The van der Waals surface area contributed by atoms with Gasteiger partial charge in [0.2, 0.25) is 0 Å². The summed E-state index contributed by atoms with van der Waals surface area (Å²) in [6.45, 7) is 9.43. The molecule has 0 amide bonds. The van der Waals surface area contributed by atoms with Crippen LogP contribution in [0.5, 0.6) is 0 Å². The Bertz CT molecular complexity index is 140. The van der Waals surface area contributed by atoms with Gasteiger partial charge in [0.1, 0.15) is 12.6 Å². The van der Waals surface area contributed by atoms with Crippen molar-refractivity contribution >= 4 is 20.9 Å². The topological polar surface area (TPSA) is 43.4 Å². The van der Waals surface area contributed by atoms with Crippen molar-refractivity contribution in [2.45, 2.75) is 53.8 Å². The van der Waals surface area contributed by atoms with Crippen molar-refractivity contribution in [1.29, 1.82) is 0 Å². The second kappa shape index (κ2) is 49.7. The van der Waals surface area contributed by atoms with E-state index in [2.05, 4.69) is 27.1 Å². The summed E-state index contributed by atoms with van der Waals surface area (Å²) in [4.78, 5) is 17.6. The van der Waals surface area contributed by atoms with E-state index in [1.54, 1.807) is 0 Å². The number of aldehydes is 2. The SMILES string of the molecule is C.CC=O.CC=O.[Ar].[Ar].[Ar].[CH2-]O[Si](C)(C)CCC.[Y].[Y]. The summed E-state index contributed by atoms with van der Waals surface area (Å²) >= 11 is 0. The van der Waals surface area contributed by atoms with Gasteiger partial charge in [0, 0.05) is 179 Å². The Labute approximate surface area is 267 Å². The molecule has 0 N–H and O–H groups in total. The molecule has 0 aliphatic carbocycles. The van der Waals surface area contributed by atoms with E-state index in [1.807, 2.05) is 0 Å². The van der Waals surface area contributed by atoms with Gasteiger partial charge >= 0.3 is 0 Å². The Morgan fingerprint density at radius 1 is 1.00 bits per heavy atom. The average molecular weight is 533 g/mol. The molecule has 0 aromatic rings. The van der Waals surface area contributed by atoms with E-state index < -0.39 is 8.32 Å². The van der Waals surface area contributed by atoms with E-state index in [1.165, 1.54) is 26.3 Å². The molecule has 0 heterocycles. The fraction of sp³-hybridized carbons (Fsp3) is 0.727. The number of hydrogen-bond acceptors (Lipinski definition) is 3. The van der Waals surface area contributed by atoms with Gasteiger partial charge in [0.25, 0.3) is 0 Å². The monoisotopic (exact) mass is 533 g/mol. The van der Waals surface area contributed by atoms with E-state index in [-0.39, 0.29) is 186 Å². The molecule has 0 atom stereocenters. The van der Waals surface area contributed by atoms with Crippen molar-refractivity contribution < 1.29 is 193 Å². The van der Waals surface area contributed by atoms with Crippen molar-refractivity contribution in [3.8, 4) is 0 Å². The summed E-state index contributed by atoms with van der Waals surface area (Å²) in [5, 5.41) is 0. The third kappa shape index (κ3) is 76.1. The largest absolute Gasteiger partial charge is 0.595 e. The van der Waals surface area contributed by atoms with E-state index in [0.29, 0.717) is 0 Å². The van der Waals surface area contributed by atoms with Crippen LogP contribution in [0.4, 0.5) is 0 Å². The first-order valence-corrected chi connectivity index (χ1v) is 7.79. The van der Waals surface area contributed by atoms with Crippen LogP contribution in [0.3, 0.4) is 0 Å². The first-order valence-electron chi connectivity index (χ1n) is 4.68. The van der Waals surface area contributed by atoms with Crippen molar-refractivity contribution in [2.75, 3.05) is 0 Å². The van der Waals surface area contributed by atoms with Gasteiger partial charge in [0.05, 0.1) is 0 Å². The van der Waals surface area contributed by atoms with Gasteiger partial charge in [-0.25, -0.2) is 7.11 Å². The fourth-order valence-corrected chi connectivity index (χ4v) is 2.02. The van der Waals surface area contributed by atoms with Gasteiger partial charge in [-0.1, -0.05) is 20.8 Å². The molecule has 9 heteroatoms. The maximum atomic E-state index is 8.81. The smallest absolute Gasteiger partial charge is 0.152 e. The van der Waals surface area contributed by atoms with Crippen LogP contribution >= 0.6 is 0 Å². The molecule has 0 aromatic carbocycles. The Kier molecular flexibility index (Phi) is 140. The number of hydrogen-bond donors (Lipinski definition) is 0. The van der Waals surface area contributed by atoms with E-state index in [9.17, 15) is 0 Å². The maximum Gasteiger partial charge on any atom is 0.152 e. The summed E-state index contributed by atoms with van der Waals surface area (Å²) in [7, 11) is 2.15. The molecular formula is C11H27Ar3O3SiY2-. The molecule has 20 heavy (non-hydrogen) atoms. The van der Waals surface area contributed by atoms with Gasteiger partial charge in [-0.3, -0.25) is 0 Å². The van der Waals surface area contributed by atoms with Crippen LogP contribution in [-0.2, 0) is 79.4 Å². The van der Waals surface area contributed by atoms with Crippen molar-refractivity contribution in [3.63, 3.8) is 0 Å². The third-order valence-electron chi connectivity index (χ3n) is 1.24. The molecule has 0 unspecified atom stereocenters. The summed E-state index contributed by atoms with van der Waals surface area (Å²) in [6.07, 6.45) is 2.72. The van der Waals surface area contributed by atoms with E-state index in [0.717, 1.165) is 12.6 Å². The van der Waals surface area contributed by atoms with E-state index >= 15 is 0 Å². The number of carbonyl (C=O) groups is 2. The Hall–Kier alpha value is 5.50. The van der Waals surface area contributed by atoms with Crippen LogP contribution in [0, 0.1) is 120 Å². The minimum absolute atomic E-state index is 0. The van der Waals surface area contributed by atoms with Gasteiger partial charge in [-0.15, -0.1) is 0 Å². The van der Waals surface area contributed by atoms with Crippen molar-refractivity contribution in [1.82, 2.24) is 0 Å². The zero-order valence-electron chi connectivity index (χ0n) is 12.2. The van der Waals surface area contributed by atoms with Gasteiger partial charge in [-0.05, 0) is 33.0 Å². The molecule has 0 aliphatic rings. The minimum Gasteiger partial charge on any atom is -0.595 e. The molecule has 0 aromatic heterocycles. The third-order valence-corrected chi connectivity index (χ3v) is 3.73. The van der Waals surface area contributed by atoms with Gasteiger partial charge in [-0.2, -0.15) is 0 Å². The van der Waals surface area contributed by atoms with Gasteiger partial charge in [0.15, 0.2) is 8.32 Å². The maximum absolute atomic E-state index is 8.81. The second-order valence-electron chi connectivity index (χ2n) is 3.13. The molecule has 0 spiro atoms. The Morgan fingerprint density at radius 3 is 1.25 bits per heavy atom. The van der Waals surface area contributed by atoms with Gasteiger partial charge < -0.3 is 14.0 Å². The zero-order chi connectivity index (χ0) is 12.0. The van der Waals surface area contributed by atoms with Crippen LogP contribution < -0.4 is 0 Å². The summed E-state index contributed by atoms with van der Waals surface area (Å²) in [5.74, 6) is 0. The molecule has 0 aliphatic heterocycles. The normalized spacial score (nSPS) is 6.10. The molecule has 0 bridgehead atoms. The first kappa shape index (κ1) is 56.2. The second-order valence-corrected chi connectivity index (χ2v) is 7.43. The standard InChI is InChI=1S/C6H15OSi.2C2H4O.CH4.3Ar.2Y/c1-5-6-8(3,4)7-2;2*1-2-3;;;;;;/h2,5-6H2,1,3-4H3;2*2H,1H3;1H4;;;;;/q-1;;;;;;;;. The summed E-state index contributed by atoms with van der Waals surface area (Å²) < 4.78 is 5.07. The predicted molar refractivity (Wildman–Crippen MR) is 69.2 cm³/mol. The molecule has 124 valence electrons. The summed E-state index contributed by atoms with van der Waals surface area (Å²) in [6, 6.07) is 1.22. The van der Waals surface area contributed by atoms with Crippen LogP contribution in [0.25, 0.3) is 0 Å². The van der Waals surface area contributed by atoms with Crippen LogP contribution in [0.1, 0.15) is 34.6 Å². The molecule has 0 rings (SSSR count). The van der Waals surface area contributed by atoms with Crippen molar-refractivity contribution in [2.24, 2.45) is 0 Å². The van der Waals surface area contributed by atoms with Crippen molar-refractivity contribution in [3.05, 3.63) is 7.11 Å². The summed E-state index contributed by atoms with van der Waals surface area (Å²) in [5.41, 5.74) is 0. The number of carbonyl (C=O) groups excluding carboxylic acids is 2. The predicted octanol–water partition coefficient (Wildman–Crippen LogP) is 3.45. The van der Waals surface area contributed by atoms with Crippen LogP contribution in [0.2, 0.25) is 19.1 Å². The van der Waals surface area contributed by atoms with Crippen LogP contribution in [0.15, 0.2) is 0 Å². The average Bonchev–Trinajstić information content (AvgIpc) is 2.07. The molecule has 0 fully saturated rings. The van der Waals surface area contributed by atoms with E-state index in [4.69, 9.17) is 14.0 Å². The minimum atomic E-state index is -1.29. The Balaban J connectivity index is -0.0000000129. The molecule has 3 nitrogen and oxygen atoms in total.